The minimum Gasteiger partial charge on any atom is -0.391 e. The first-order chi connectivity index (χ1) is 8.87. The maximum atomic E-state index is 13.6. The second-order valence-electron chi connectivity index (χ2n) is 5.16. The fourth-order valence-electron chi connectivity index (χ4n) is 2.74. The number of rotatable bonds is 6. The van der Waals surface area contributed by atoms with Crippen LogP contribution in [-0.4, -0.2) is 35.7 Å². The average Bonchev–Trinajstić information content (AvgIpc) is 2.34. The minimum absolute atomic E-state index is 0.186. The molecule has 0 radical (unpaired) electrons. The molecule has 0 saturated heterocycles. The standard InChI is InChI=1S/C15H23F2NO/c1-5-15(6-2,18(3)4)14(19)9-11-7-8-12(16)10-13(11)17/h7-8,10,14,19H,5-6,9H2,1-4H3. The lowest BCUT2D eigenvalue weighted by atomic mass is 9.82. The Morgan fingerprint density at radius 3 is 2.21 bits per heavy atom. The molecular formula is C15H23F2NO. The molecule has 0 bridgehead atoms. The van der Waals surface area contributed by atoms with Crippen LogP contribution in [0, 0.1) is 11.6 Å². The molecule has 19 heavy (non-hydrogen) atoms. The fourth-order valence-corrected chi connectivity index (χ4v) is 2.74. The Kier molecular flexibility index (Phi) is 5.44. The molecule has 2 nitrogen and oxygen atoms in total. The van der Waals surface area contributed by atoms with Gasteiger partial charge < -0.3 is 10.0 Å². The van der Waals surface area contributed by atoms with Crippen molar-refractivity contribution in [1.82, 2.24) is 4.90 Å². The number of likely N-dealkylation sites (N-methyl/N-ethyl adjacent to an activating group) is 1. The molecule has 0 aliphatic heterocycles. The van der Waals surface area contributed by atoms with Crippen LogP contribution in [0.3, 0.4) is 0 Å². The van der Waals surface area contributed by atoms with E-state index in [4.69, 9.17) is 0 Å². The Labute approximate surface area is 114 Å². The molecule has 0 spiro atoms. The summed E-state index contributed by atoms with van der Waals surface area (Å²) in [7, 11) is 3.83. The topological polar surface area (TPSA) is 23.5 Å². The van der Waals surface area contributed by atoms with Gasteiger partial charge in [0.2, 0.25) is 0 Å². The smallest absolute Gasteiger partial charge is 0.129 e. The average molecular weight is 271 g/mol. The molecule has 108 valence electrons. The maximum absolute atomic E-state index is 13.6. The van der Waals surface area contributed by atoms with Crippen molar-refractivity contribution in [3.05, 3.63) is 35.4 Å². The summed E-state index contributed by atoms with van der Waals surface area (Å²) in [6.45, 7) is 4.02. The molecule has 1 N–H and O–H groups in total. The Morgan fingerprint density at radius 1 is 1.21 bits per heavy atom. The number of benzene rings is 1. The van der Waals surface area contributed by atoms with Crippen LogP contribution in [0.15, 0.2) is 18.2 Å². The molecule has 1 rings (SSSR count). The van der Waals surface area contributed by atoms with Gasteiger partial charge in [-0.25, -0.2) is 8.78 Å². The first-order valence-electron chi connectivity index (χ1n) is 6.66. The van der Waals surface area contributed by atoms with Gasteiger partial charge in [0.1, 0.15) is 11.6 Å². The number of halogens is 2. The molecule has 0 saturated carbocycles. The van der Waals surface area contributed by atoms with Gasteiger partial charge in [0.15, 0.2) is 0 Å². The zero-order valence-electron chi connectivity index (χ0n) is 12.1. The van der Waals surface area contributed by atoms with Crippen LogP contribution in [0.1, 0.15) is 32.3 Å². The molecule has 4 heteroatoms. The van der Waals surface area contributed by atoms with E-state index in [0.29, 0.717) is 5.56 Å². The van der Waals surface area contributed by atoms with Gasteiger partial charge in [-0.15, -0.1) is 0 Å². The summed E-state index contributed by atoms with van der Waals surface area (Å²) < 4.78 is 26.5. The van der Waals surface area contributed by atoms with Crippen molar-refractivity contribution in [3.8, 4) is 0 Å². The van der Waals surface area contributed by atoms with Crippen molar-refractivity contribution in [2.24, 2.45) is 0 Å². The molecule has 1 aromatic carbocycles. The van der Waals surface area contributed by atoms with Gasteiger partial charge in [0, 0.05) is 18.0 Å². The molecule has 0 heterocycles. The van der Waals surface area contributed by atoms with Crippen molar-refractivity contribution < 1.29 is 13.9 Å². The summed E-state index contributed by atoms with van der Waals surface area (Å²) in [5.74, 6) is -1.19. The van der Waals surface area contributed by atoms with Gasteiger partial charge in [-0.3, -0.25) is 0 Å². The number of aliphatic hydroxyl groups excluding tert-OH is 1. The van der Waals surface area contributed by atoms with E-state index in [-0.39, 0.29) is 12.0 Å². The predicted molar refractivity (Wildman–Crippen MR) is 73.1 cm³/mol. The molecule has 1 unspecified atom stereocenters. The van der Waals surface area contributed by atoms with Crippen LogP contribution in [0.25, 0.3) is 0 Å². The number of aliphatic hydroxyl groups is 1. The van der Waals surface area contributed by atoms with Crippen molar-refractivity contribution in [1.29, 1.82) is 0 Å². The molecule has 1 atom stereocenters. The van der Waals surface area contributed by atoms with E-state index < -0.39 is 17.7 Å². The predicted octanol–water partition coefficient (Wildman–Crippen LogP) is 2.99. The molecule has 0 amide bonds. The zero-order chi connectivity index (χ0) is 14.6. The van der Waals surface area contributed by atoms with E-state index >= 15 is 0 Å². The molecule has 0 aromatic heterocycles. The molecule has 0 fully saturated rings. The lowest BCUT2D eigenvalue weighted by molar-refractivity contribution is -0.0129. The van der Waals surface area contributed by atoms with Gasteiger partial charge in [0.05, 0.1) is 6.10 Å². The zero-order valence-corrected chi connectivity index (χ0v) is 12.1. The van der Waals surface area contributed by atoms with E-state index in [2.05, 4.69) is 0 Å². The molecular weight excluding hydrogens is 248 g/mol. The summed E-state index contributed by atoms with van der Waals surface area (Å²) in [5.41, 5.74) is -0.0390. The summed E-state index contributed by atoms with van der Waals surface area (Å²) in [5, 5.41) is 10.5. The summed E-state index contributed by atoms with van der Waals surface area (Å²) >= 11 is 0. The Morgan fingerprint density at radius 2 is 1.79 bits per heavy atom. The SMILES string of the molecule is CCC(CC)(C(O)Cc1ccc(F)cc1F)N(C)C. The quantitative estimate of drug-likeness (QED) is 0.860. The van der Waals surface area contributed by atoms with Crippen LogP contribution in [0.2, 0.25) is 0 Å². The first-order valence-corrected chi connectivity index (χ1v) is 6.66. The molecule has 0 aliphatic rings. The van der Waals surface area contributed by atoms with Crippen LogP contribution in [0.4, 0.5) is 8.78 Å². The fraction of sp³-hybridized carbons (Fsp3) is 0.600. The molecule has 0 aliphatic carbocycles. The van der Waals surface area contributed by atoms with Crippen LogP contribution in [-0.2, 0) is 6.42 Å². The Bertz CT molecular complexity index is 417. The van der Waals surface area contributed by atoms with Gasteiger partial charge in [0.25, 0.3) is 0 Å². The third-order valence-corrected chi connectivity index (χ3v) is 4.16. The highest BCUT2D eigenvalue weighted by Crippen LogP contribution is 2.28. The lowest BCUT2D eigenvalue weighted by Gasteiger charge is -2.42. The largest absolute Gasteiger partial charge is 0.391 e. The van der Waals surface area contributed by atoms with E-state index in [1.807, 2.05) is 32.8 Å². The number of hydrogen-bond acceptors (Lipinski definition) is 2. The monoisotopic (exact) mass is 271 g/mol. The number of nitrogens with zero attached hydrogens (tertiary/aromatic N) is 1. The highest BCUT2D eigenvalue weighted by Gasteiger charge is 2.36. The highest BCUT2D eigenvalue weighted by atomic mass is 19.1. The van der Waals surface area contributed by atoms with E-state index in [1.165, 1.54) is 12.1 Å². The van der Waals surface area contributed by atoms with Crippen LogP contribution < -0.4 is 0 Å². The van der Waals surface area contributed by atoms with Gasteiger partial charge in [-0.05, 0) is 38.6 Å². The van der Waals surface area contributed by atoms with Gasteiger partial charge in [-0.1, -0.05) is 19.9 Å². The first kappa shape index (κ1) is 16.1. The van der Waals surface area contributed by atoms with Crippen molar-refractivity contribution in [2.75, 3.05) is 14.1 Å². The maximum Gasteiger partial charge on any atom is 0.129 e. The second-order valence-corrected chi connectivity index (χ2v) is 5.16. The minimum atomic E-state index is -0.697. The summed E-state index contributed by atoms with van der Waals surface area (Å²) in [4.78, 5) is 1.99. The van der Waals surface area contributed by atoms with Gasteiger partial charge in [-0.2, -0.15) is 0 Å². The van der Waals surface area contributed by atoms with Crippen LogP contribution >= 0.6 is 0 Å². The van der Waals surface area contributed by atoms with E-state index in [0.717, 1.165) is 18.9 Å². The van der Waals surface area contributed by atoms with Crippen LogP contribution in [0.5, 0.6) is 0 Å². The van der Waals surface area contributed by atoms with E-state index in [1.54, 1.807) is 0 Å². The third kappa shape index (κ3) is 3.31. The van der Waals surface area contributed by atoms with E-state index in [9.17, 15) is 13.9 Å². The summed E-state index contributed by atoms with van der Waals surface area (Å²) in [6.07, 6.45) is 1.02. The highest BCUT2D eigenvalue weighted by molar-refractivity contribution is 5.20. The third-order valence-electron chi connectivity index (χ3n) is 4.16. The molecule has 1 aromatic rings. The van der Waals surface area contributed by atoms with Crippen molar-refractivity contribution in [3.63, 3.8) is 0 Å². The normalized spacial score (nSPS) is 13.9. The second kappa shape index (κ2) is 6.44. The van der Waals surface area contributed by atoms with Gasteiger partial charge >= 0.3 is 0 Å². The number of hydrogen-bond donors (Lipinski definition) is 1. The van der Waals surface area contributed by atoms with Crippen molar-refractivity contribution >= 4 is 0 Å². The van der Waals surface area contributed by atoms with Crippen molar-refractivity contribution in [2.45, 2.75) is 44.8 Å². The Balaban J connectivity index is 2.96. The lowest BCUT2D eigenvalue weighted by Crippen LogP contribution is -2.53. The summed E-state index contributed by atoms with van der Waals surface area (Å²) in [6, 6.07) is 3.48. The Hall–Kier alpha value is -1.00.